The predicted molar refractivity (Wildman–Crippen MR) is 150 cm³/mol. The number of fused-ring (bicyclic) bond motifs is 1. The Morgan fingerprint density at radius 2 is 1.74 bits per heavy atom. The molecule has 0 saturated heterocycles. The van der Waals surface area contributed by atoms with Crippen LogP contribution >= 0.6 is 12.2 Å². The molecule has 0 aliphatic heterocycles. The van der Waals surface area contributed by atoms with Crippen molar-refractivity contribution in [2.75, 3.05) is 5.32 Å². The summed E-state index contributed by atoms with van der Waals surface area (Å²) < 4.78 is 42.7. The molecule has 38 heavy (non-hydrogen) atoms. The molecular formula is C28H26F3N5OS. The number of alkyl halides is 3. The number of thiocarbonyl (C=S) groups is 1. The maximum Gasteiger partial charge on any atom is 0.573 e. The van der Waals surface area contributed by atoms with Gasteiger partial charge in [-0.05, 0) is 71.2 Å². The summed E-state index contributed by atoms with van der Waals surface area (Å²) in [5.41, 5.74) is 8.16. The second-order valence-electron chi connectivity index (χ2n) is 8.80. The lowest BCUT2D eigenvalue weighted by Crippen LogP contribution is -2.24. The van der Waals surface area contributed by atoms with E-state index in [0.29, 0.717) is 16.6 Å². The van der Waals surface area contributed by atoms with Gasteiger partial charge in [-0.15, -0.1) is 13.2 Å². The lowest BCUT2D eigenvalue weighted by Gasteiger charge is -2.14. The number of nitrogens with zero attached hydrogens (tertiary/aromatic N) is 3. The molecule has 0 amide bonds. The van der Waals surface area contributed by atoms with Gasteiger partial charge in [0.2, 0.25) is 0 Å². The van der Waals surface area contributed by atoms with E-state index in [1.807, 2.05) is 49.5 Å². The first-order valence-corrected chi connectivity index (χ1v) is 12.2. The molecule has 0 aliphatic rings. The first-order valence-electron chi connectivity index (χ1n) is 11.8. The van der Waals surface area contributed by atoms with Gasteiger partial charge in [0.05, 0.1) is 17.4 Å². The monoisotopic (exact) mass is 537 g/mol. The molecule has 0 bridgehead atoms. The van der Waals surface area contributed by atoms with E-state index >= 15 is 0 Å². The largest absolute Gasteiger partial charge is 0.573 e. The molecule has 0 saturated carbocycles. The van der Waals surface area contributed by atoms with Gasteiger partial charge >= 0.3 is 6.36 Å². The normalized spacial score (nSPS) is 12.1. The predicted octanol–water partition coefficient (Wildman–Crippen LogP) is 7.09. The summed E-state index contributed by atoms with van der Waals surface area (Å²) in [6.07, 6.45) is 0.557. The van der Waals surface area contributed by atoms with Crippen molar-refractivity contribution in [1.29, 1.82) is 0 Å². The van der Waals surface area contributed by atoms with Crippen LogP contribution in [-0.4, -0.2) is 27.5 Å². The standard InChI is InChI=1S/C28H26F3N5OS/c1-18(2)22-6-4-5-7-24(22)33-27(38)34-32-17-20-10-14-23-25(35-36(3)26(23)16-20)15-11-19-8-12-21(13-9-19)37-28(29,30)31/h4-18H,1-3H3,(H2,33,34,38)/b15-11+,32-17+. The van der Waals surface area contributed by atoms with Crippen molar-refractivity contribution in [2.45, 2.75) is 26.1 Å². The zero-order chi connectivity index (χ0) is 27.3. The third-order valence-electron chi connectivity index (χ3n) is 5.66. The molecule has 0 unspecified atom stereocenters. The Kier molecular flexibility index (Phi) is 8.11. The molecule has 0 radical (unpaired) electrons. The SMILES string of the molecule is CC(C)c1ccccc1NC(=S)N/N=C/c1ccc2c(/C=C/c3ccc(OC(F)(F)F)cc3)nn(C)c2c1. The number of hydrazone groups is 1. The molecule has 0 fully saturated rings. The van der Waals surface area contributed by atoms with Gasteiger partial charge in [-0.25, -0.2) is 0 Å². The van der Waals surface area contributed by atoms with Crippen LogP contribution in [0.3, 0.4) is 0 Å². The van der Waals surface area contributed by atoms with E-state index in [1.54, 1.807) is 29.1 Å². The minimum absolute atomic E-state index is 0.265. The van der Waals surface area contributed by atoms with Crippen molar-refractivity contribution in [3.05, 3.63) is 89.1 Å². The topological polar surface area (TPSA) is 63.5 Å². The third kappa shape index (κ3) is 6.98. The quantitative estimate of drug-likeness (QED) is 0.150. The molecule has 1 aromatic heterocycles. The summed E-state index contributed by atoms with van der Waals surface area (Å²) in [5, 5.41) is 13.3. The summed E-state index contributed by atoms with van der Waals surface area (Å²) in [5.74, 6) is 0.0901. The average Bonchev–Trinajstić information content (AvgIpc) is 3.17. The van der Waals surface area contributed by atoms with Gasteiger partial charge in [0, 0.05) is 18.1 Å². The minimum Gasteiger partial charge on any atom is -0.406 e. The molecule has 2 N–H and O–H groups in total. The molecule has 6 nitrogen and oxygen atoms in total. The third-order valence-corrected chi connectivity index (χ3v) is 5.86. The van der Waals surface area contributed by atoms with Crippen LogP contribution in [0.2, 0.25) is 0 Å². The number of hydrogen-bond acceptors (Lipinski definition) is 4. The van der Waals surface area contributed by atoms with Crippen LogP contribution in [0.25, 0.3) is 23.1 Å². The van der Waals surface area contributed by atoms with Crippen LogP contribution in [-0.2, 0) is 7.05 Å². The van der Waals surface area contributed by atoms with Gasteiger partial charge < -0.3 is 10.1 Å². The van der Waals surface area contributed by atoms with Crippen molar-refractivity contribution in [3.8, 4) is 5.75 Å². The summed E-state index contributed by atoms with van der Waals surface area (Å²) in [7, 11) is 1.84. The van der Waals surface area contributed by atoms with Crippen molar-refractivity contribution in [3.63, 3.8) is 0 Å². The van der Waals surface area contributed by atoms with Gasteiger partial charge in [-0.1, -0.05) is 56.3 Å². The van der Waals surface area contributed by atoms with Crippen molar-refractivity contribution < 1.29 is 17.9 Å². The maximum atomic E-state index is 12.3. The van der Waals surface area contributed by atoms with E-state index in [2.05, 4.69) is 45.6 Å². The Bertz CT molecular complexity index is 1490. The molecule has 1 heterocycles. The molecule has 0 spiro atoms. The highest BCUT2D eigenvalue weighted by molar-refractivity contribution is 7.80. The summed E-state index contributed by atoms with van der Waals surface area (Å²) >= 11 is 5.38. The number of rotatable bonds is 7. The van der Waals surface area contributed by atoms with Crippen LogP contribution in [0.15, 0.2) is 71.8 Å². The molecular weight excluding hydrogens is 511 g/mol. The minimum atomic E-state index is -4.72. The van der Waals surface area contributed by atoms with Gasteiger partial charge in [-0.2, -0.15) is 10.2 Å². The summed E-state index contributed by atoms with van der Waals surface area (Å²) in [6, 6.07) is 19.5. The Balaban J connectivity index is 1.42. The zero-order valence-electron chi connectivity index (χ0n) is 21.0. The van der Waals surface area contributed by atoms with Crippen LogP contribution in [0.4, 0.5) is 18.9 Å². The number of aryl methyl sites for hydroxylation is 1. The number of nitrogens with one attached hydrogen (secondary N) is 2. The van der Waals surface area contributed by atoms with E-state index in [0.717, 1.165) is 27.8 Å². The number of aromatic nitrogens is 2. The van der Waals surface area contributed by atoms with Crippen LogP contribution in [0.1, 0.15) is 42.1 Å². The highest BCUT2D eigenvalue weighted by Crippen LogP contribution is 2.25. The number of para-hydroxylation sites is 1. The van der Waals surface area contributed by atoms with E-state index in [4.69, 9.17) is 12.2 Å². The van der Waals surface area contributed by atoms with Crippen molar-refractivity contribution in [2.24, 2.45) is 12.1 Å². The van der Waals surface area contributed by atoms with Gasteiger partial charge in [0.15, 0.2) is 5.11 Å². The highest BCUT2D eigenvalue weighted by Gasteiger charge is 2.30. The summed E-state index contributed by atoms with van der Waals surface area (Å²) in [6.45, 7) is 4.25. The van der Waals surface area contributed by atoms with Crippen molar-refractivity contribution in [1.82, 2.24) is 15.2 Å². The Hall–Kier alpha value is -4.18. The second kappa shape index (κ2) is 11.5. The number of anilines is 1. The Morgan fingerprint density at radius 1 is 1.03 bits per heavy atom. The van der Waals surface area contributed by atoms with Gasteiger partial charge in [0.25, 0.3) is 0 Å². The lowest BCUT2D eigenvalue weighted by atomic mass is 10.0. The van der Waals surface area contributed by atoms with E-state index < -0.39 is 6.36 Å². The lowest BCUT2D eigenvalue weighted by molar-refractivity contribution is -0.274. The van der Waals surface area contributed by atoms with Crippen LogP contribution in [0, 0.1) is 0 Å². The molecule has 4 aromatic rings. The number of hydrogen-bond donors (Lipinski definition) is 2. The fourth-order valence-electron chi connectivity index (χ4n) is 3.89. The fourth-order valence-corrected chi connectivity index (χ4v) is 4.05. The number of benzene rings is 3. The van der Waals surface area contributed by atoms with Crippen LogP contribution < -0.4 is 15.5 Å². The fraction of sp³-hybridized carbons (Fsp3) is 0.179. The molecule has 10 heteroatoms. The molecule has 0 atom stereocenters. The highest BCUT2D eigenvalue weighted by atomic mass is 32.1. The van der Waals surface area contributed by atoms with Gasteiger partial charge in [0.1, 0.15) is 5.75 Å². The Labute approximate surface area is 223 Å². The smallest absolute Gasteiger partial charge is 0.406 e. The van der Waals surface area contributed by atoms with Crippen LogP contribution in [0.5, 0.6) is 5.75 Å². The summed E-state index contributed by atoms with van der Waals surface area (Å²) in [4.78, 5) is 0. The molecule has 4 rings (SSSR count). The number of ether oxygens (including phenoxy) is 1. The van der Waals surface area contributed by atoms with E-state index in [-0.39, 0.29) is 5.75 Å². The Morgan fingerprint density at radius 3 is 2.45 bits per heavy atom. The maximum absolute atomic E-state index is 12.3. The molecule has 196 valence electrons. The second-order valence-corrected chi connectivity index (χ2v) is 9.21. The molecule has 3 aromatic carbocycles. The van der Waals surface area contributed by atoms with Crippen molar-refractivity contribution >= 4 is 52.3 Å². The average molecular weight is 538 g/mol. The van der Waals surface area contributed by atoms with E-state index in [9.17, 15) is 13.2 Å². The number of halogens is 3. The first-order chi connectivity index (χ1) is 18.1. The molecule has 0 aliphatic carbocycles. The first kappa shape index (κ1) is 26.9. The van der Waals surface area contributed by atoms with E-state index in [1.165, 1.54) is 17.7 Å². The van der Waals surface area contributed by atoms with Gasteiger partial charge in [-0.3, -0.25) is 10.1 Å². The zero-order valence-corrected chi connectivity index (χ0v) is 21.8.